The van der Waals surface area contributed by atoms with Gasteiger partial charge in [-0.25, -0.2) is 9.78 Å². The Balaban J connectivity index is 2.22. The highest BCUT2D eigenvalue weighted by molar-refractivity contribution is 5.86. The van der Waals surface area contributed by atoms with Gasteiger partial charge in [-0.05, 0) is 0 Å². The van der Waals surface area contributed by atoms with Crippen LogP contribution in [-0.4, -0.2) is 37.8 Å². The number of imidazole rings is 1. The number of aliphatic hydroxyl groups excluding tert-OH is 1. The van der Waals surface area contributed by atoms with Crippen molar-refractivity contribution < 1.29 is 5.11 Å². The Morgan fingerprint density at radius 3 is 2.76 bits per heavy atom. The van der Waals surface area contributed by atoms with E-state index in [4.69, 9.17) is 5.11 Å². The van der Waals surface area contributed by atoms with Gasteiger partial charge in [0.15, 0.2) is 11.5 Å². The Kier molecular flexibility index (Phi) is 3.41. The lowest BCUT2D eigenvalue weighted by molar-refractivity contribution is 0.311. The van der Waals surface area contributed by atoms with Crippen LogP contribution in [0.4, 0.5) is 5.82 Å². The van der Waals surface area contributed by atoms with E-state index in [1.54, 1.807) is 0 Å². The van der Waals surface area contributed by atoms with Crippen LogP contribution in [0.5, 0.6) is 0 Å². The summed E-state index contributed by atoms with van der Waals surface area (Å²) in [6.07, 6.45) is 0. The van der Waals surface area contributed by atoms with Crippen molar-refractivity contribution in [2.45, 2.75) is 0 Å². The zero-order valence-electron chi connectivity index (χ0n) is 11.5. The van der Waals surface area contributed by atoms with Crippen molar-refractivity contribution in [3.8, 4) is 11.4 Å². The Hall–Kier alpha value is -2.67. The summed E-state index contributed by atoms with van der Waals surface area (Å²) in [6.45, 7) is 0.275. The minimum absolute atomic E-state index is 0.0423. The predicted octanol–water partition coefficient (Wildman–Crippen LogP) is 0.728. The highest BCUT2D eigenvalue weighted by Gasteiger charge is 2.15. The average molecular weight is 285 g/mol. The molecular weight excluding hydrogens is 270 g/mol. The maximum absolute atomic E-state index is 11.6. The lowest BCUT2D eigenvalue weighted by atomic mass is 10.2. The van der Waals surface area contributed by atoms with E-state index in [0.29, 0.717) is 23.5 Å². The standard InChI is InChI=1S/C14H15N5O2/c1-19-10-11(15-7-8-20)17-14(21)18-12(10)16-13(19)9-5-3-2-4-6-9/h2-6,20H,7-8H2,1H3,(H2,15,17,18,21). The molecule has 0 aliphatic carbocycles. The second-order valence-electron chi connectivity index (χ2n) is 4.60. The molecule has 7 nitrogen and oxygen atoms in total. The van der Waals surface area contributed by atoms with Gasteiger partial charge >= 0.3 is 5.69 Å². The molecule has 108 valence electrons. The predicted molar refractivity (Wildman–Crippen MR) is 80.1 cm³/mol. The fraction of sp³-hybridized carbons (Fsp3) is 0.214. The topological polar surface area (TPSA) is 95.8 Å². The maximum atomic E-state index is 11.6. The van der Waals surface area contributed by atoms with Crippen LogP contribution >= 0.6 is 0 Å². The van der Waals surface area contributed by atoms with Crippen LogP contribution in [0.2, 0.25) is 0 Å². The highest BCUT2D eigenvalue weighted by Crippen LogP contribution is 2.25. The van der Waals surface area contributed by atoms with Gasteiger partial charge in [0.25, 0.3) is 0 Å². The monoisotopic (exact) mass is 285 g/mol. The molecule has 0 aliphatic heterocycles. The number of aromatic nitrogens is 4. The van der Waals surface area contributed by atoms with Gasteiger partial charge in [-0.3, -0.25) is 4.98 Å². The number of rotatable bonds is 4. The van der Waals surface area contributed by atoms with Gasteiger partial charge < -0.3 is 15.0 Å². The Labute approximate surface area is 120 Å². The first-order valence-corrected chi connectivity index (χ1v) is 6.57. The molecule has 2 aromatic heterocycles. The first-order valence-electron chi connectivity index (χ1n) is 6.57. The number of aliphatic hydroxyl groups is 1. The molecule has 2 heterocycles. The lowest BCUT2D eigenvalue weighted by Gasteiger charge is -2.06. The zero-order valence-corrected chi connectivity index (χ0v) is 11.5. The minimum atomic E-state index is -0.472. The fourth-order valence-corrected chi connectivity index (χ4v) is 2.28. The van der Waals surface area contributed by atoms with Crippen molar-refractivity contribution in [1.29, 1.82) is 0 Å². The van der Waals surface area contributed by atoms with Gasteiger partial charge in [0, 0.05) is 19.2 Å². The molecule has 3 N–H and O–H groups in total. The lowest BCUT2D eigenvalue weighted by Crippen LogP contribution is -2.16. The Bertz CT molecular complexity index is 822. The molecule has 0 fully saturated rings. The summed E-state index contributed by atoms with van der Waals surface area (Å²) in [5, 5.41) is 11.9. The molecule has 0 amide bonds. The summed E-state index contributed by atoms with van der Waals surface area (Å²) in [5.41, 5.74) is 1.64. The van der Waals surface area contributed by atoms with Crippen LogP contribution in [0.25, 0.3) is 22.6 Å². The zero-order chi connectivity index (χ0) is 14.8. The fourth-order valence-electron chi connectivity index (χ4n) is 2.28. The molecule has 3 aromatic rings. The number of hydrogen-bond acceptors (Lipinski definition) is 5. The molecule has 0 saturated carbocycles. The SMILES string of the molecule is Cn1c(-c2ccccc2)nc2[nH]c(=O)nc(NCCO)c21. The maximum Gasteiger partial charge on any atom is 0.348 e. The van der Waals surface area contributed by atoms with Crippen LogP contribution in [0.3, 0.4) is 0 Å². The number of nitrogens with one attached hydrogen (secondary N) is 2. The molecule has 0 aliphatic rings. The third kappa shape index (κ3) is 2.38. The normalized spacial score (nSPS) is 11.0. The molecule has 0 saturated heterocycles. The molecule has 3 rings (SSSR count). The number of aromatic amines is 1. The smallest absolute Gasteiger partial charge is 0.348 e. The summed E-state index contributed by atoms with van der Waals surface area (Å²) in [5.74, 6) is 1.15. The number of hydrogen-bond donors (Lipinski definition) is 3. The van der Waals surface area contributed by atoms with E-state index in [1.165, 1.54) is 0 Å². The van der Waals surface area contributed by atoms with Gasteiger partial charge in [-0.15, -0.1) is 0 Å². The molecule has 7 heteroatoms. The number of fused-ring (bicyclic) bond motifs is 1. The molecule has 1 aromatic carbocycles. The summed E-state index contributed by atoms with van der Waals surface area (Å²) in [7, 11) is 1.86. The van der Waals surface area contributed by atoms with Crippen molar-refractivity contribution in [2.24, 2.45) is 7.05 Å². The first kappa shape index (κ1) is 13.3. The third-order valence-electron chi connectivity index (χ3n) is 3.19. The van der Waals surface area contributed by atoms with Crippen molar-refractivity contribution in [3.05, 3.63) is 40.8 Å². The average Bonchev–Trinajstić information content (AvgIpc) is 2.82. The van der Waals surface area contributed by atoms with Crippen molar-refractivity contribution in [1.82, 2.24) is 19.5 Å². The summed E-state index contributed by atoms with van der Waals surface area (Å²) < 4.78 is 1.87. The van der Waals surface area contributed by atoms with E-state index in [0.717, 1.165) is 11.4 Å². The Morgan fingerprint density at radius 1 is 1.29 bits per heavy atom. The van der Waals surface area contributed by atoms with Gasteiger partial charge in [0.05, 0.1) is 6.61 Å². The molecular formula is C14H15N5O2. The molecule has 21 heavy (non-hydrogen) atoms. The number of anilines is 1. The van der Waals surface area contributed by atoms with Crippen LogP contribution in [-0.2, 0) is 7.05 Å². The largest absolute Gasteiger partial charge is 0.395 e. The van der Waals surface area contributed by atoms with E-state index < -0.39 is 5.69 Å². The minimum Gasteiger partial charge on any atom is -0.395 e. The van der Waals surface area contributed by atoms with Gasteiger partial charge in [0.2, 0.25) is 0 Å². The van der Waals surface area contributed by atoms with Crippen LogP contribution in [0, 0.1) is 0 Å². The quantitative estimate of drug-likeness (QED) is 0.656. The van der Waals surface area contributed by atoms with E-state index in [-0.39, 0.29) is 6.61 Å². The molecule has 0 radical (unpaired) electrons. The summed E-state index contributed by atoms with van der Waals surface area (Å²) in [6, 6.07) is 9.70. The molecule has 0 unspecified atom stereocenters. The molecule has 0 atom stereocenters. The van der Waals surface area contributed by atoms with Gasteiger partial charge in [-0.1, -0.05) is 30.3 Å². The number of benzene rings is 1. The number of H-pyrrole nitrogens is 1. The van der Waals surface area contributed by atoms with Crippen LogP contribution in [0.15, 0.2) is 35.1 Å². The van der Waals surface area contributed by atoms with Gasteiger partial charge in [0.1, 0.15) is 11.3 Å². The summed E-state index contributed by atoms with van der Waals surface area (Å²) >= 11 is 0. The van der Waals surface area contributed by atoms with E-state index in [9.17, 15) is 4.79 Å². The third-order valence-corrected chi connectivity index (χ3v) is 3.19. The number of nitrogens with zero attached hydrogens (tertiary/aromatic N) is 3. The second kappa shape index (κ2) is 5.37. The van der Waals surface area contributed by atoms with E-state index in [1.807, 2.05) is 41.9 Å². The van der Waals surface area contributed by atoms with Crippen LogP contribution in [0.1, 0.15) is 0 Å². The van der Waals surface area contributed by atoms with E-state index >= 15 is 0 Å². The molecule has 0 bridgehead atoms. The summed E-state index contributed by atoms with van der Waals surface area (Å²) in [4.78, 5) is 22.6. The van der Waals surface area contributed by atoms with E-state index in [2.05, 4.69) is 20.3 Å². The first-order chi connectivity index (χ1) is 10.2. The second-order valence-corrected chi connectivity index (χ2v) is 4.60. The van der Waals surface area contributed by atoms with Crippen molar-refractivity contribution in [2.75, 3.05) is 18.5 Å². The molecule has 0 spiro atoms. The highest BCUT2D eigenvalue weighted by atomic mass is 16.3. The van der Waals surface area contributed by atoms with Crippen LogP contribution < -0.4 is 11.0 Å². The number of aryl methyl sites for hydroxylation is 1. The van der Waals surface area contributed by atoms with Crippen molar-refractivity contribution in [3.63, 3.8) is 0 Å². The van der Waals surface area contributed by atoms with Crippen molar-refractivity contribution >= 4 is 17.0 Å². The van der Waals surface area contributed by atoms with Gasteiger partial charge in [-0.2, -0.15) is 4.98 Å². The Morgan fingerprint density at radius 2 is 2.05 bits per heavy atom.